The molecule has 6 nitrogen and oxygen atoms in total. The third kappa shape index (κ3) is 5.45. The first kappa shape index (κ1) is 18.8. The molecule has 0 aromatic rings. The second-order valence-corrected chi connectivity index (χ2v) is 7.38. The predicted octanol–water partition coefficient (Wildman–Crippen LogP) is 2.35. The minimum atomic E-state index is -2.00. The first-order valence-electron chi connectivity index (χ1n) is 6.34. The van der Waals surface area contributed by atoms with E-state index in [9.17, 15) is 4.79 Å². The summed E-state index contributed by atoms with van der Waals surface area (Å²) in [5.41, 5.74) is 0. The van der Waals surface area contributed by atoms with E-state index in [1.165, 1.54) is 6.92 Å². The van der Waals surface area contributed by atoms with Crippen LogP contribution in [0.4, 0.5) is 0 Å². The molecule has 1 rings (SSSR count). The zero-order valence-electron chi connectivity index (χ0n) is 12.2. The third-order valence-electron chi connectivity index (χ3n) is 3.04. The van der Waals surface area contributed by atoms with Crippen molar-refractivity contribution in [1.29, 1.82) is 5.41 Å². The van der Waals surface area contributed by atoms with E-state index in [2.05, 4.69) is 0 Å². The number of halogens is 3. The van der Waals surface area contributed by atoms with Crippen molar-refractivity contribution in [2.24, 2.45) is 0 Å². The number of esters is 1. The van der Waals surface area contributed by atoms with Gasteiger partial charge in [-0.05, 0) is 27.4 Å². The van der Waals surface area contributed by atoms with E-state index in [-0.39, 0.29) is 12.1 Å². The molecule has 0 aromatic carbocycles. The molecule has 1 saturated heterocycles. The van der Waals surface area contributed by atoms with Gasteiger partial charge in [0, 0.05) is 6.92 Å². The van der Waals surface area contributed by atoms with Gasteiger partial charge in [0.05, 0.1) is 12.1 Å². The zero-order chi connectivity index (χ0) is 16.4. The maximum atomic E-state index is 11.3. The van der Waals surface area contributed by atoms with E-state index in [0.29, 0.717) is 6.42 Å². The molecule has 4 atom stereocenters. The van der Waals surface area contributed by atoms with Gasteiger partial charge < -0.3 is 19.1 Å². The second kappa shape index (κ2) is 7.33. The number of likely N-dealkylation sites (N-methyl/N-ethyl adjacent to an activating group) is 1. The average molecular weight is 362 g/mol. The van der Waals surface area contributed by atoms with Gasteiger partial charge in [-0.15, -0.1) is 0 Å². The van der Waals surface area contributed by atoms with E-state index in [4.69, 9.17) is 54.4 Å². The van der Waals surface area contributed by atoms with Crippen LogP contribution in [0.1, 0.15) is 20.3 Å². The quantitative estimate of drug-likeness (QED) is 0.361. The number of hydrogen-bond donors (Lipinski definition) is 1. The highest BCUT2D eigenvalue weighted by Gasteiger charge is 2.44. The summed E-state index contributed by atoms with van der Waals surface area (Å²) in [6.45, 7) is 3.15. The van der Waals surface area contributed by atoms with Crippen LogP contribution in [-0.4, -0.2) is 59.2 Å². The molecular formula is C12H19Cl3N2O4. The van der Waals surface area contributed by atoms with Crippen LogP contribution >= 0.6 is 34.8 Å². The van der Waals surface area contributed by atoms with E-state index >= 15 is 0 Å². The first-order chi connectivity index (χ1) is 9.52. The van der Waals surface area contributed by atoms with Crippen LogP contribution in [0.3, 0.4) is 0 Å². The summed E-state index contributed by atoms with van der Waals surface area (Å²) in [7, 11) is 3.72. The van der Waals surface area contributed by atoms with Crippen molar-refractivity contribution >= 4 is 46.7 Å². The predicted molar refractivity (Wildman–Crippen MR) is 81.1 cm³/mol. The monoisotopic (exact) mass is 360 g/mol. The van der Waals surface area contributed by atoms with Gasteiger partial charge in [-0.1, -0.05) is 34.8 Å². The van der Waals surface area contributed by atoms with E-state index in [0.717, 1.165) is 0 Å². The van der Waals surface area contributed by atoms with Crippen molar-refractivity contribution in [2.45, 2.75) is 48.6 Å². The van der Waals surface area contributed by atoms with Crippen molar-refractivity contribution in [1.82, 2.24) is 4.90 Å². The number of carbonyl (C=O) groups excluding carboxylic acids is 1. The van der Waals surface area contributed by atoms with Gasteiger partial charge in [0.15, 0.2) is 6.10 Å². The summed E-state index contributed by atoms with van der Waals surface area (Å²) in [6.07, 6.45) is -1.24. The number of rotatable bonds is 3. The number of ether oxygens (including phenoxy) is 3. The van der Waals surface area contributed by atoms with Gasteiger partial charge >= 0.3 is 5.97 Å². The highest BCUT2D eigenvalue weighted by Crippen LogP contribution is 2.32. The Balaban J connectivity index is 2.94. The number of nitrogens with one attached hydrogen (secondary N) is 1. The summed E-state index contributed by atoms with van der Waals surface area (Å²) in [6, 6.07) is -0.133. The Morgan fingerprint density at radius 3 is 2.33 bits per heavy atom. The molecule has 0 aliphatic carbocycles. The minimum Gasteiger partial charge on any atom is -0.454 e. The van der Waals surface area contributed by atoms with Crippen LogP contribution < -0.4 is 0 Å². The summed E-state index contributed by atoms with van der Waals surface area (Å²) in [4.78, 5) is 13.2. The van der Waals surface area contributed by atoms with Crippen LogP contribution in [0.5, 0.6) is 0 Å². The summed E-state index contributed by atoms with van der Waals surface area (Å²) in [5.74, 6) is -1.06. The molecule has 0 radical (unpaired) electrons. The van der Waals surface area contributed by atoms with Gasteiger partial charge in [0.1, 0.15) is 0 Å². The molecular weight excluding hydrogens is 343 g/mol. The van der Waals surface area contributed by atoms with E-state index < -0.39 is 28.1 Å². The van der Waals surface area contributed by atoms with Crippen LogP contribution in [0.15, 0.2) is 0 Å². The van der Waals surface area contributed by atoms with Crippen molar-refractivity contribution in [2.75, 3.05) is 14.1 Å². The lowest BCUT2D eigenvalue weighted by atomic mass is 9.99. The third-order valence-corrected chi connectivity index (χ3v) is 3.56. The fourth-order valence-corrected chi connectivity index (χ4v) is 2.26. The Hall–Kier alpha value is -0.270. The molecule has 0 spiro atoms. The Morgan fingerprint density at radius 1 is 1.33 bits per heavy atom. The fraction of sp³-hybridized carbons (Fsp3) is 0.833. The van der Waals surface area contributed by atoms with Crippen molar-refractivity contribution < 1.29 is 19.0 Å². The van der Waals surface area contributed by atoms with Gasteiger partial charge in [0.2, 0.25) is 12.2 Å². The SMILES string of the molecule is CC(=O)O[C@H]1[C@@H](OC(=N)C(Cl)(Cl)Cl)O[C@H](C)C[C@@H]1N(C)C. The molecule has 0 amide bonds. The minimum absolute atomic E-state index is 0.133. The molecule has 0 bridgehead atoms. The lowest BCUT2D eigenvalue weighted by Gasteiger charge is -2.42. The highest BCUT2D eigenvalue weighted by atomic mass is 35.6. The Bertz CT molecular complexity index is 400. The van der Waals surface area contributed by atoms with E-state index in [1.54, 1.807) is 0 Å². The largest absolute Gasteiger partial charge is 0.454 e. The fourth-order valence-electron chi connectivity index (χ4n) is 2.13. The van der Waals surface area contributed by atoms with Gasteiger partial charge in [-0.2, -0.15) is 0 Å². The first-order valence-corrected chi connectivity index (χ1v) is 7.47. The van der Waals surface area contributed by atoms with Crippen molar-refractivity contribution in [3.05, 3.63) is 0 Å². The van der Waals surface area contributed by atoms with Crippen LogP contribution in [-0.2, 0) is 19.0 Å². The number of nitrogens with zero attached hydrogens (tertiary/aromatic N) is 1. The Morgan fingerprint density at radius 2 is 1.90 bits per heavy atom. The maximum Gasteiger partial charge on any atom is 0.303 e. The Labute approximate surface area is 139 Å². The van der Waals surface area contributed by atoms with Gasteiger partial charge in [0.25, 0.3) is 3.79 Å². The summed E-state index contributed by atoms with van der Waals surface area (Å²) >= 11 is 16.8. The average Bonchev–Trinajstić information content (AvgIpc) is 2.29. The van der Waals surface area contributed by atoms with Crippen molar-refractivity contribution in [3.63, 3.8) is 0 Å². The molecule has 21 heavy (non-hydrogen) atoms. The second-order valence-electron chi connectivity index (χ2n) is 5.10. The molecule has 0 aromatic heterocycles. The lowest BCUT2D eigenvalue weighted by Crippen LogP contribution is -2.56. The van der Waals surface area contributed by atoms with Crippen LogP contribution in [0.2, 0.25) is 0 Å². The van der Waals surface area contributed by atoms with Gasteiger partial charge in [-0.25, -0.2) is 0 Å². The van der Waals surface area contributed by atoms with Crippen LogP contribution in [0.25, 0.3) is 0 Å². The summed E-state index contributed by atoms with van der Waals surface area (Å²) in [5, 5.41) is 7.64. The molecule has 9 heteroatoms. The topological polar surface area (TPSA) is 71.8 Å². The maximum absolute atomic E-state index is 11.3. The van der Waals surface area contributed by atoms with Gasteiger partial charge in [-0.3, -0.25) is 10.2 Å². The lowest BCUT2D eigenvalue weighted by molar-refractivity contribution is -0.234. The smallest absolute Gasteiger partial charge is 0.303 e. The van der Waals surface area contributed by atoms with E-state index in [1.807, 2.05) is 25.9 Å². The number of hydrogen-bond acceptors (Lipinski definition) is 6. The molecule has 1 fully saturated rings. The Kier molecular flexibility index (Phi) is 6.55. The van der Waals surface area contributed by atoms with Crippen molar-refractivity contribution in [3.8, 4) is 0 Å². The normalized spacial score (nSPS) is 30.1. The molecule has 122 valence electrons. The molecule has 1 aliphatic rings. The zero-order valence-corrected chi connectivity index (χ0v) is 14.5. The molecule has 0 saturated carbocycles. The number of carbonyl (C=O) groups is 1. The molecule has 0 unspecified atom stereocenters. The standard InChI is InChI=1S/C12H19Cl3N2O4/c1-6-5-8(17(3)4)9(20-7(2)18)10(19-6)21-11(16)12(13,14)15/h6,8-10,16H,5H2,1-4H3/t6-,8+,9-,10-/m1/s1. The molecule has 1 aliphatic heterocycles. The van der Waals surface area contributed by atoms with Crippen LogP contribution in [0, 0.1) is 5.41 Å². The summed E-state index contributed by atoms with van der Waals surface area (Å²) < 4.78 is 14.2. The molecule has 1 heterocycles. The highest BCUT2D eigenvalue weighted by molar-refractivity contribution is 6.76. The molecule has 1 N–H and O–H groups in total. The number of alkyl halides is 3.